The van der Waals surface area contributed by atoms with Gasteiger partial charge in [-0.2, -0.15) is 0 Å². The number of ether oxygens (including phenoxy) is 4. The van der Waals surface area contributed by atoms with Gasteiger partial charge >= 0.3 is 0 Å². The zero-order chi connectivity index (χ0) is 14.4. The van der Waals surface area contributed by atoms with Gasteiger partial charge in [0.05, 0.1) is 13.2 Å². The average molecular weight is 274 g/mol. The normalized spacial score (nSPS) is 20.1. The highest BCUT2D eigenvalue weighted by Gasteiger charge is 2.46. The third-order valence-corrected chi connectivity index (χ3v) is 3.95. The Hall–Kier alpha value is -0.160. The van der Waals surface area contributed by atoms with Crippen molar-refractivity contribution in [3.63, 3.8) is 0 Å². The minimum absolute atomic E-state index is 0.177. The van der Waals surface area contributed by atoms with Crippen molar-refractivity contribution < 1.29 is 18.9 Å². The molecule has 0 N–H and O–H groups in total. The predicted octanol–water partition coefficient (Wildman–Crippen LogP) is 3.20. The van der Waals surface area contributed by atoms with Gasteiger partial charge in [0.1, 0.15) is 0 Å². The molecule has 0 amide bonds. The molecule has 114 valence electrons. The molecular weight excluding hydrogens is 244 g/mol. The number of hydrogen-bond acceptors (Lipinski definition) is 4. The van der Waals surface area contributed by atoms with Crippen LogP contribution in [0.4, 0.5) is 0 Å². The van der Waals surface area contributed by atoms with Gasteiger partial charge in [-0.05, 0) is 33.6 Å². The first kappa shape index (κ1) is 16.9. The highest BCUT2D eigenvalue weighted by atomic mass is 16.9. The quantitative estimate of drug-likeness (QED) is 0.573. The fourth-order valence-electron chi connectivity index (χ4n) is 2.79. The maximum atomic E-state index is 5.85. The van der Waals surface area contributed by atoms with Crippen LogP contribution in [0.15, 0.2) is 0 Å². The molecule has 0 aromatic heterocycles. The van der Waals surface area contributed by atoms with E-state index in [9.17, 15) is 0 Å². The Kier molecular flexibility index (Phi) is 6.74. The summed E-state index contributed by atoms with van der Waals surface area (Å²) in [6, 6.07) is 0. The fraction of sp³-hybridized carbons (Fsp3) is 1.00. The summed E-state index contributed by atoms with van der Waals surface area (Å²) in [5, 5.41) is 0. The molecule has 1 saturated heterocycles. The molecule has 1 aliphatic heterocycles. The van der Waals surface area contributed by atoms with Crippen molar-refractivity contribution in [1.82, 2.24) is 0 Å². The largest absolute Gasteiger partial charge is 0.380 e. The summed E-state index contributed by atoms with van der Waals surface area (Å²) >= 11 is 0. The maximum Gasteiger partial charge on any atom is 0.285 e. The van der Waals surface area contributed by atoms with Crippen molar-refractivity contribution in [1.29, 1.82) is 0 Å². The van der Waals surface area contributed by atoms with E-state index >= 15 is 0 Å². The highest BCUT2D eigenvalue weighted by Crippen LogP contribution is 2.42. The zero-order valence-electron chi connectivity index (χ0n) is 13.2. The maximum absolute atomic E-state index is 5.85. The van der Waals surface area contributed by atoms with Crippen molar-refractivity contribution in [3.8, 4) is 0 Å². The molecule has 1 atom stereocenters. The Morgan fingerprint density at radius 3 is 1.74 bits per heavy atom. The molecule has 0 bridgehead atoms. The summed E-state index contributed by atoms with van der Waals surface area (Å²) in [6.07, 6.45) is 2.13. The Labute approximate surface area is 117 Å². The molecule has 0 aromatic rings. The zero-order valence-corrected chi connectivity index (χ0v) is 13.2. The Balaban J connectivity index is 2.76. The van der Waals surface area contributed by atoms with Gasteiger partial charge < -0.3 is 18.9 Å². The monoisotopic (exact) mass is 274 g/mol. The van der Waals surface area contributed by atoms with E-state index < -0.39 is 5.97 Å². The van der Waals surface area contributed by atoms with E-state index in [1.165, 1.54) is 0 Å². The molecule has 19 heavy (non-hydrogen) atoms. The minimum atomic E-state index is -0.907. The van der Waals surface area contributed by atoms with Crippen molar-refractivity contribution in [3.05, 3.63) is 0 Å². The van der Waals surface area contributed by atoms with Gasteiger partial charge in [0, 0.05) is 31.2 Å². The Morgan fingerprint density at radius 2 is 1.47 bits per heavy atom. The standard InChI is InChI=1S/C15H30O4/c1-6-14(11-16-12-14)10-13(5)15(17-7-2,18-8-3)19-9-4/h13H,6-12H2,1-5H3. The highest BCUT2D eigenvalue weighted by molar-refractivity contribution is 4.88. The van der Waals surface area contributed by atoms with E-state index in [1.807, 2.05) is 20.8 Å². The second-order valence-electron chi connectivity index (χ2n) is 5.35. The summed E-state index contributed by atoms with van der Waals surface area (Å²) < 4.78 is 22.9. The summed E-state index contributed by atoms with van der Waals surface area (Å²) in [4.78, 5) is 0. The van der Waals surface area contributed by atoms with E-state index in [0.717, 1.165) is 26.1 Å². The van der Waals surface area contributed by atoms with Gasteiger partial charge in [-0.1, -0.05) is 13.8 Å². The van der Waals surface area contributed by atoms with Crippen molar-refractivity contribution >= 4 is 0 Å². The molecule has 0 saturated carbocycles. The van der Waals surface area contributed by atoms with Crippen molar-refractivity contribution in [2.45, 2.75) is 53.4 Å². The first-order valence-electron chi connectivity index (χ1n) is 7.57. The first-order valence-corrected chi connectivity index (χ1v) is 7.57. The lowest BCUT2D eigenvalue weighted by molar-refractivity contribution is -0.404. The Bertz CT molecular complexity index is 228. The molecule has 1 heterocycles. The molecule has 1 fully saturated rings. The topological polar surface area (TPSA) is 36.9 Å². The lowest BCUT2D eigenvalue weighted by Gasteiger charge is -2.46. The lowest BCUT2D eigenvalue weighted by atomic mass is 9.75. The molecule has 1 rings (SSSR count). The SMILES string of the molecule is CCOC(OCC)(OCC)C(C)CC1(CC)COC1. The second kappa shape index (κ2) is 7.58. The van der Waals surface area contributed by atoms with E-state index in [2.05, 4.69) is 13.8 Å². The molecule has 4 nitrogen and oxygen atoms in total. The predicted molar refractivity (Wildman–Crippen MR) is 74.9 cm³/mol. The van der Waals surface area contributed by atoms with Crippen LogP contribution in [0.5, 0.6) is 0 Å². The van der Waals surface area contributed by atoms with Crippen LogP contribution in [0, 0.1) is 11.3 Å². The average Bonchev–Trinajstić information content (AvgIpc) is 2.34. The van der Waals surface area contributed by atoms with Crippen LogP contribution in [0.2, 0.25) is 0 Å². The lowest BCUT2D eigenvalue weighted by Crippen LogP contribution is -2.51. The van der Waals surface area contributed by atoms with Gasteiger partial charge in [0.2, 0.25) is 0 Å². The van der Waals surface area contributed by atoms with Crippen molar-refractivity contribution in [2.24, 2.45) is 11.3 Å². The van der Waals surface area contributed by atoms with Gasteiger partial charge in [-0.3, -0.25) is 0 Å². The summed E-state index contributed by atoms with van der Waals surface area (Å²) in [7, 11) is 0. The van der Waals surface area contributed by atoms with Crippen LogP contribution in [-0.2, 0) is 18.9 Å². The Morgan fingerprint density at radius 1 is 1.00 bits per heavy atom. The van der Waals surface area contributed by atoms with E-state index in [4.69, 9.17) is 18.9 Å². The molecule has 0 aromatic carbocycles. The molecule has 0 aliphatic carbocycles. The van der Waals surface area contributed by atoms with Crippen LogP contribution in [0.3, 0.4) is 0 Å². The van der Waals surface area contributed by atoms with Crippen LogP contribution in [0.1, 0.15) is 47.5 Å². The van der Waals surface area contributed by atoms with E-state index in [0.29, 0.717) is 19.8 Å². The second-order valence-corrected chi connectivity index (χ2v) is 5.35. The smallest absolute Gasteiger partial charge is 0.285 e. The third kappa shape index (κ3) is 3.91. The van der Waals surface area contributed by atoms with E-state index in [1.54, 1.807) is 0 Å². The summed E-state index contributed by atoms with van der Waals surface area (Å²) in [5.74, 6) is -0.730. The van der Waals surface area contributed by atoms with Crippen LogP contribution in [-0.4, -0.2) is 39.0 Å². The van der Waals surface area contributed by atoms with Gasteiger partial charge in [0.25, 0.3) is 5.97 Å². The molecule has 4 heteroatoms. The van der Waals surface area contributed by atoms with Gasteiger partial charge in [-0.15, -0.1) is 0 Å². The summed E-state index contributed by atoms with van der Waals surface area (Å²) in [5.41, 5.74) is 0.274. The van der Waals surface area contributed by atoms with E-state index in [-0.39, 0.29) is 11.3 Å². The summed E-state index contributed by atoms with van der Waals surface area (Å²) in [6.45, 7) is 13.7. The molecule has 0 spiro atoms. The van der Waals surface area contributed by atoms with Crippen LogP contribution < -0.4 is 0 Å². The molecular formula is C15H30O4. The molecule has 1 aliphatic rings. The first-order chi connectivity index (χ1) is 9.08. The van der Waals surface area contributed by atoms with Gasteiger partial charge in [-0.25, -0.2) is 0 Å². The van der Waals surface area contributed by atoms with Crippen molar-refractivity contribution in [2.75, 3.05) is 33.0 Å². The molecule has 0 radical (unpaired) electrons. The van der Waals surface area contributed by atoms with Gasteiger partial charge in [0.15, 0.2) is 0 Å². The fourth-order valence-corrected chi connectivity index (χ4v) is 2.79. The number of rotatable bonds is 10. The minimum Gasteiger partial charge on any atom is -0.380 e. The van der Waals surface area contributed by atoms with Crippen LogP contribution in [0.25, 0.3) is 0 Å². The molecule has 1 unspecified atom stereocenters. The third-order valence-electron chi connectivity index (χ3n) is 3.95. The van der Waals surface area contributed by atoms with Crippen LogP contribution >= 0.6 is 0 Å². The number of hydrogen-bond donors (Lipinski definition) is 0.